The number of halogens is 1. The van der Waals surface area contributed by atoms with Crippen molar-refractivity contribution in [3.8, 4) is 0 Å². The second-order valence-electron chi connectivity index (χ2n) is 7.28. The Morgan fingerprint density at radius 1 is 1.04 bits per heavy atom. The van der Waals surface area contributed by atoms with E-state index in [0.29, 0.717) is 45.4 Å². The number of rotatable bonds is 4. The molecule has 0 atom stereocenters. The number of hydrogen-bond acceptors (Lipinski definition) is 4. The average Bonchev–Trinajstić information content (AvgIpc) is 2.69. The Labute approximate surface area is 167 Å². The van der Waals surface area contributed by atoms with Gasteiger partial charge in [-0.2, -0.15) is 0 Å². The first-order valence-electron chi connectivity index (χ1n) is 9.43. The van der Waals surface area contributed by atoms with Crippen molar-refractivity contribution in [1.82, 2.24) is 15.1 Å². The molecule has 2 aliphatic rings. The normalized spacial score (nSPS) is 19.3. The van der Waals surface area contributed by atoms with Crippen molar-refractivity contribution in [1.29, 1.82) is 0 Å². The number of carbonyl (C=O) groups excluding carboxylic acids is 2. The van der Waals surface area contributed by atoms with Crippen molar-refractivity contribution in [3.63, 3.8) is 0 Å². The maximum absolute atomic E-state index is 13.0. The molecule has 2 aliphatic heterocycles. The molecule has 3 rings (SSSR count). The highest BCUT2D eigenvalue weighted by molar-refractivity contribution is 5.86. The Kier molecular flexibility index (Phi) is 7.65. The molecule has 0 spiro atoms. The number of methoxy groups -OCH3 is 1. The number of aryl methyl sites for hydroxylation is 1. The number of ether oxygens (including phenoxy) is 1. The van der Waals surface area contributed by atoms with Crippen LogP contribution in [0.4, 0.5) is 0 Å². The third-order valence-electron chi connectivity index (χ3n) is 5.59. The van der Waals surface area contributed by atoms with Gasteiger partial charge in [-0.15, -0.1) is 12.4 Å². The molecular formula is C20H30ClN3O3. The fourth-order valence-corrected chi connectivity index (χ4v) is 3.78. The number of carbonyl (C=O) groups is 2. The van der Waals surface area contributed by atoms with Gasteiger partial charge in [-0.05, 0) is 38.4 Å². The molecule has 0 saturated carbocycles. The SMILES string of the molecule is COC1(C(=O)N2CCN(C(=O)Cc3ccc(C)cc3)CC2)CCNCC1.Cl. The standard InChI is InChI=1S/C20H29N3O3.ClH/c1-16-3-5-17(6-4-16)15-18(24)22-11-13-23(14-12-22)19(25)20(26-2)7-9-21-10-8-20;/h3-6,21H,7-15H2,1-2H3;1H. The Hall–Kier alpha value is -1.63. The van der Waals surface area contributed by atoms with Crippen LogP contribution < -0.4 is 5.32 Å². The number of benzene rings is 1. The van der Waals surface area contributed by atoms with Crippen LogP contribution >= 0.6 is 12.4 Å². The van der Waals surface area contributed by atoms with Gasteiger partial charge in [0.05, 0.1) is 6.42 Å². The summed E-state index contributed by atoms with van der Waals surface area (Å²) in [6.07, 6.45) is 1.83. The summed E-state index contributed by atoms with van der Waals surface area (Å²) in [4.78, 5) is 29.2. The second-order valence-corrected chi connectivity index (χ2v) is 7.28. The third-order valence-corrected chi connectivity index (χ3v) is 5.59. The van der Waals surface area contributed by atoms with Crippen molar-refractivity contribution < 1.29 is 14.3 Å². The summed E-state index contributed by atoms with van der Waals surface area (Å²) in [6, 6.07) is 8.07. The molecule has 27 heavy (non-hydrogen) atoms. The molecule has 0 aromatic heterocycles. The zero-order valence-electron chi connectivity index (χ0n) is 16.2. The Bertz CT molecular complexity index is 636. The van der Waals surface area contributed by atoms with E-state index >= 15 is 0 Å². The summed E-state index contributed by atoms with van der Waals surface area (Å²) in [5, 5.41) is 3.28. The zero-order valence-corrected chi connectivity index (χ0v) is 17.0. The topological polar surface area (TPSA) is 61.9 Å². The molecular weight excluding hydrogens is 366 g/mol. The quantitative estimate of drug-likeness (QED) is 0.837. The summed E-state index contributed by atoms with van der Waals surface area (Å²) < 4.78 is 5.64. The van der Waals surface area contributed by atoms with Gasteiger partial charge < -0.3 is 19.9 Å². The molecule has 7 heteroatoms. The molecule has 2 heterocycles. The number of nitrogens with one attached hydrogen (secondary N) is 1. The van der Waals surface area contributed by atoms with Gasteiger partial charge in [-0.1, -0.05) is 29.8 Å². The molecule has 1 aromatic carbocycles. The van der Waals surface area contributed by atoms with E-state index < -0.39 is 5.60 Å². The van der Waals surface area contributed by atoms with E-state index in [9.17, 15) is 9.59 Å². The fourth-order valence-electron chi connectivity index (χ4n) is 3.78. The maximum atomic E-state index is 13.0. The predicted molar refractivity (Wildman–Crippen MR) is 107 cm³/mol. The van der Waals surface area contributed by atoms with Crippen LogP contribution in [0.1, 0.15) is 24.0 Å². The Morgan fingerprint density at radius 3 is 2.15 bits per heavy atom. The van der Waals surface area contributed by atoms with E-state index in [2.05, 4.69) is 5.32 Å². The van der Waals surface area contributed by atoms with Gasteiger partial charge in [0.1, 0.15) is 5.60 Å². The van der Waals surface area contributed by atoms with E-state index in [1.165, 1.54) is 5.56 Å². The van der Waals surface area contributed by atoms with Gasteiger partial charge in [0, 0.05) is 33.3 Å². The van der Waals surface area contributed by atoms with E-state index in [1.54, 1.807) is 7.11 Å². The van der Waals surface area contributed by atoms with Crippen LogP contribution in [0.3, 0.4) is 0 Å². The minimum absolute atomic E-state index is 0. The largest absolute Gasteiger partial charge is 0.368 e. The molecule has 0 aliphatic carbocycles. The second kappa shape index (κ2) is 9.53. The van der Waals surface area contributed by atoms with Crippen molar-refractivity contribution in [2.45, 2.75) is 31.8 Å². The van der Waals surface area contributed by atoms with Crippen molar-refractivity contribution in [3.05, 3.63) is 35.4 Å². The van der Waals surface area contributed by atoms with Crippen LogP contribution in [0.25, 0.3) is 0 Å². The number of nitrogens with zero attached hydrogens (tertiary/aromatic N) is 2. The first-order chi connectivity index (χ1) is 12.5. The molecule has 1 aromatic rings. The molecule has 2 amide bonds. The summed E-state index contributed by atoms with van der Waals surface area (Å²) in [5.74, 6) is 0.205. The van der Waals surface area contributed by atoms with Crippen molar-refractivity contribution >= 4 is 24.2 Å². The monoisotopic (exact) mass is 395 g/mol. The average molecular weight is 396 g/mol. The first-order valence-corrected chi connectivity index (χ1v) is 9.43. The van der Waals surface area contributed by atoms with Crippen molar-refractivity contribution in [2.75, 3.05) is 46.4 Å². The number of piperazine rings is 1. The van der Waals surface area contributed by atoms with Crippen LogP contribution in [-0.2, 0) is 20.7 Å². The Morgan fingerprint density at radius 2 is 1.59 bits per heavy atom. The van der Waals surface area contributed by atoms with Crippen LogP contribution in [-0.4, -0.2) is 73.6 Å². The maximum Gasteiger partial charge on any atom is 0.255 e. The van der Waals surface area contributed by atoms with E-state index in [4.69, 9.17) is 4.74 Å². The lowest BCUT2D eigenvalue weighted by molar-refractivity contribution is -0.161. The van der Waals surface area contributed by atoms with Gasteiger partial charge in [-0.3, -0.25) is 9.59 Å². The van der Waals surface area contributed by atoms with Gasteiger partial charge >= 0.3 is 0 Å². The summed E-state index contributed by atoms with van der Waals surface area (Å²) >= 11 is 0. The summed E-state index contributed by atoms with van der Waals surface area (Å²) in [5.41, 5.74) is 1.53. The minimum Gasteiger partial charge on any atom is -0.368 e. The molecule has 1 N–H and O–H groups in total. The first kappa shape index (κ1) is 21.7. The molecule has 0 unspecified atom stereocenters. The van der Waals surface area contributed by atoms with E-state index in [0.717, 1.165) is 18.7 Å². The third kappa shape index (κ3) is 5.00. The number of hydrogen-bond donors (Lipinski definition) is 1. The Balaban J connectivity index is 0.00000261. The number of piperidine rings is 1. The highest BCUT2D eigenvalue weighted by atomic mass is 35.5. The van der Waals surface area contributed by atoms with Gasteiger partial charge in [0.25, 0.3) is 5.91 Å². The highest BCUT2D eigenvalue weighted by Crippen LogP contribution is 2.25. The zero-order chi connectivity index (χ0) is 18.6. The van der Waals surface area contributed by atoms with Crippen LogP contribution in [0.5, 0.6) is 0 Å². The fraction of sp³-hybridized carbons (Fsp3) is 0.600. The van der Waals surface area contributed by atoms with Gasteiger partial charge in [0.15, 0.2) is 0 Å². The molecule has 2 fully saturated rings. The number of amides is 2. The summed E-state index contributed by atoms with van der Waals surface area (Å²) in [7, 11) is 1.63. The highest BCUT2D eigenvalue weighted by Gasteiger charge is 2.43. The van der Waals surface area contributed by atoms with E-state index in [1.807, 2.05) is 41.0 Å². The minimum atomic E-state index is -0.695. The lowest BCUT2D eigenvalue weighted by Gasteiger charge is -2.42. The van der Waals surface area contributed by atoms with Crippen LogP contribution in [0, 0.1) is 6.92 Å². The smallest absolute Gasteiger partial charge is 0.255 e. The molecule has 0 radical (unpaired) electrons. The van der Waals surface area contributed by atoms with E-state index in [-0.39, 0.29) is 24.2 Å². The predicted octanol–water partition coefficient (Wildman–Crippen LogP) is 1.40. The van der Waals surface area contributed by atoms with Crippen LogP contribution in [0.2, 0.25) is 0 Å². The van der Waals surface area contributed by atoms with Gasteiger partial charge in [0.2, 0.25) is 5.91 Å². The molecule has 6 nitrogen and oxygen atoms in total. The van der Waals surface area contributed by atoms with Gasteiger partial charge in [-0.25, -0.2) is 0 Å². The lowest BCUT2D eigenvalue weighted by atomic mass is 9.90. The summed E-state index contributed by atoms with van der Waals surface area (Å²) in [6.45, 7) is 5.98. The molecule has 0 bridgehead atoms. The molecule has 150 valence electrons. The van der Waals surface area contributed by atoms with Crippen LogP contribution in [0.15, 0.2) is 24.3 Å². The molecule has 2 saturated heterocycles. The van der Waals surface area contributed by atoms with Crippen molar-refractivity contribution in [2.24, 2.45) is 0 Å². The lowest BCUT2D eigenvalue weighted by Crippen LogP contribution is -2.59.